The van der Waals surface area contributed by atoms with Crippen molar-refractivity contribution in [1.29, 1.82) is 0 Å². The first-order valence-electron chi connectivity index (χ1n) is 23.2. The highest BCUT2D eigenvalue weighted by atomic mass is 31.2. The molecule has 1 aromatic heterocycles. The molecular weight excluding hydrogens is 822 g/mol. The molecule has 0 amide bonds. The molecule has 0 bridgehead atoms. The van der Waals surface area contributed by atoms with Crippen molar-refractivity contribution in [2.75, 3.05) is 47.5 Å². The molecule has 0 saturated heterocycles. The van der Waals surface area contributed by atoms with E-state index in [0.29, 0.717) is 43.1 Å². The Hall–Kier alpha value is -3.35. The second kappa shape index (κ2) is 35.0. The third-order valence-electron chi connectivity index (χ3n) is 10.1. The summed E-state index contributed by atoms with van der Waals surface area (Å²) in [4.78, 5) is 37.7. The summed E-state index contributed by atoms with van der Waals surface area (Å²) >= 11 is 0. The lowest BCUT2D eigenvalue weighted by atomic mass is 10.0. The Balaban J connectivity index is 2.44. The molecule has 0 aliphatic carbocycles. The Kier molecular flexibility index (Phi) is 32.0. The molecule has 12 nitrogen and oxygen atoms in total. The molecule has 0 fully saturated rings. The first kappa shape index (κ1) is 57.7. The highest BCUT2D eigenvalue weighted by molar-refractivity contribution is 7.45. The van der Waals surface area contributed by atoms with Gasteiger partial charge in [0.15, 0.2) is 6.10 Å². The maximum atomic E-state index is 12.7. The molecule has 1 rings (SSSR count). The van der Waals surface area contributed by atoms with Gasteiger partial charge in [0.1, 0.15) is 31.3 Å². The molecule has 63 heavy (non-hydrogen) atoms. The third-order valence-corrected chi connectivity index (χ3v) is 11.1. The van der Waals surface area contributed by atoms with E-state index in [2.05, 4.69) is 27.7 Å². The minimum Gasteiger partial charge on any atom is -0.756 e. The van der Waals surface area contributed by atoms with Gasteiger partial charge < -0.3 is 42.5 Å². The number of nitrogens with zero attached hydrogens (tertiary/aromatic N) is 1. The van der Waals surface area contributed by atoms with Gasteiger partial charge in [-0.15, -0.1) is 0 Å². The van der Waals surface area contributed by atoms with E-state index in [1.807, 2.05) is 63.7 Å². The number of likely N-dealkylation sites (N-methyl/N-ethyl adjacent to an activating group) is 1. The van der Waals surface area contributed by atoms with Gasteiger partial charge in [-0.25, -0.2) is 0 Å². The van der Waals surface area contributed by atoms with Crippen LogP contribution < -0.4 is 4.89 Å². The highest BCUT2D eigenvalue weighted by Gasteiger charge is 2.22. The lowest BCUT2D eigenvalue weighted by Crippen LogP contribution is -2.37. The van der Waals surface area contributed by atoms with E-state index in [1.165, 1.54) is 17.5 Å². The SMILES string of the molecule is CC/C=C\C[C@H](O)/C=C/C=C\C/C=C\C=C\[C@H](O)/C=C\CCCC(=O)O[C@H](COC(=O)CCCCCCCCCCc1oc(CCC)c(C)c1C)COP(=O)([O-])OCC[N+](C)(C)C. The first-order chi connectivity index (χ1) is 30.1. The van der Waals surface area contributed by atoms with Crippen LogP contribution in [-0.4, -0.2) is 92.5 Å². The van der Waals surface area contributed by atoms with Crippen molar-refractivity contribution >= 4 is 19.8 Å². The van der Waals surface area contributed by atoms with E-state index in [9.17, 15) is 29.3 Å². The number of aliphatic hydroxyl groups excluding tert-OH is 2. The maximum Gasteiger partial charge on any atom is 0.306 e. The molecule has 0 aromatic carbocycles. The fourth-order valence-corrected chi connectivity index (χ4v) is 6.93. The van der Waals surface area contributed by atoms with Crippen molar-refractivity contribution < 1.29 is 56.7 Å². The molecule has 358 valence electrons. The first-order valence-corrected chi connectivity index (χ1v) is 24.7. The van der Waals surface area contributed by atoms with Crippen molar-refractivity contribution in [3.63, 3.8) is 0 Å². The number of furan rings is 1. The van der Waals surface area contributed by atoms with Crippen LogP contribution in [0.2, 0.25) is 0 Å². The summed E-state index contributed by atoms with van der Waals surface area (Å²) in [6, 6.07) is 0. The predicted octanol–water partition coefficient (Wildman–Crippen LogP) is 9.98. The Morgan fingerprint density at radius 2 is 1.35 bits per heavy atom. The van der Waals surface area contributed by atoms with Gasteiger partial charge in [-0.1, -0.05) is 125 Å². The summed E-state index contributed by atoms with van der Waals surface area (Å²) in [5.41, 5.74) is 2.60. The van der Waals surface area contributed by atoms with Crippen LogP contribution in [0.25, 0.3) is 0 Å². The summed E-state index contributed by atoms with van der Waals surface area (Å²) < 4.78 is 39.9. The maximum absolute atomic E-state index is 12.7. The van der Waals surface area contributed by atoms with Crippen LogP contribution >= 0.6 is 7.82 Å². The van der Waals surface area contributed by atoms with E-state index in [-0.39, 0.29) is 26.1 Å². The number of hydrogen-bond donors (Lipinski definition) is 2. The fourth-order valence-electron chi connectivity index (χ4n) is 6.21. The average Bonchev–Trinajstić information content (AvgIpc) is 3.48. The van der Waals surface area contributed by atoms with Gasteiger partial charge in [0.05, 0.1) is 40.0 Å². The molecule has 1 unspecified atom stereocenters. The molecule has 0 aliphatic rings. The predicted molar refractivity (Wildman–Crippen MR) is 251 cm³/mol. The van der Waals surface area contributed by atoms with E-state index < -0.39 is 44.7 Å². The second-order valence-electron chi connectivity index (χ2n) is 17.0. The van der Waals surface area contributed by atoms with Crippen LogP contribution in [-0.2, 0) is 45.5 Å². The quantitative estimate of drug-likeness (QED) is 0.0163. The number of carbonyl (C=O) groups is 2. The molecule has 2 N–H and O–H groups in total. The number of phosphoric ester groups is 1. The van der Waals surface area contributed by atoms with Crippen LogP contribution in [0.1, 0.15) is 139 Å². The number of quaternary nitrogens is 1. The summed E-state index contributed by atoms with van der Waals surface area (Å²) in [5.74, 6) is 1.22. The number of aryl methyl sites for hydroxylation is 2. The molecule has 1 heterocycles. The van der Waals surface area contributed by atoms with Crippen molar-refractivity contribution in [3.8, 4) is 0 Å². The van der Waals surface area contributed by atoms with Crippen LogP contribution in [0.3, 0.4) is 0 Å². The molecule has 4 atom stereocenters. The van der Waals surface area contributed by atoms with Gasteiger partial charge in [0.2, 0.25) is 0 Å². The number of ether oxygens (including phenoxy) is 2. The zero-order chi connectivity index (χ0) is 46.8. The number of rotatable bonds is 37. The van der Waals surface area contributed by atoms with Gasteiger partial charge in [-0.3, -0.25) is 14.2 Å². The van der Waals surface area contributed by atoms with E-state index >= 15 is 0 Å². The molecule has 0 radical (unpaired) electrons. The van der Waals surface area contributed by atoms with Crippen LogP contribution in [0.15, 0.2) is 77.3 Å². The molecule has 1 aromatic rings. The Morgan fingerprint density at radius 1 is 0.730 bits per heavy atom. The number of carbonyl (C=O) groups excluding carboxylic acids is 2. The normalized spacial score (nSPS) is 15.1. The summed E-state index contributed by atoms with van der Waals surface area (Å²) in [7, 11) is 1.00. The van der Waals surface area contributed by atoms with E-state index in [1.54, 1.807) is 30.4 Å². The molecule has 0 saturated carbocycles. The molecule has 0 aliphatic heterocycles. The van der Waals surface area contributed by atoms with Crippen LogP contribution in [0.5, 0.6) is 0 Å². The van der Waals surface area contributed by atoms with Crippen molar-refractivity contribution in [1.82, 2.24) is 0 Å². The minimum atomic E-state index is -4.70. The number of aliphatic hydroxyl groups is 2. The molecule has 0 spiro atoms. The number of allylic oxidation sites excluding steroid dienone is 8. The van der Waals surface area contributed by atoms with Crippen molar-refractivity contribution in [2.45, 2.75) is 162 Å². The van der Waals surface area contributed by atoms with Crippen molar-refractivity contribution in [2.24, 2.45) is 0 Å². The summed E-state index contributed by atoms with van der Waals surface area (Å²) in [5, 5.41) is 20.1. The molecule has 13 heteroatoms. The van der Waals surface area contributed by atoms with E-state index in [0.717, 1.165) is 75.7 Å². The number of unbranched alkanes of at least 4 members (excludes halogenated alkanes) is 8. The Bertz CT molecular complexity index is 1620. The lowest BCUT2D eigenvalue weighted by molar-refractivity contribution is -0.870. The van der Waals surface area contributed by atoms with Gasteiger partial charge in [-0.05, 0) is 76.3 Å². The topological polar surface area (TPSA) is 165 Å². The van der Waals surface area contributed by atoms with Gasteiger partial charge >= 0.3 is 11.9 Å². The zero-order valence-electron chi connectivity index (χ0n) is 39.7. The molecular formula is C50H82NO11P. The lowest BCUT2D eigenvalue weighted by Gasteiger charge is -2.28. The van der Waals surface area contributed by atoms with Crippen LogP contribution in [0, 0.1) is 13.8 Å². The van der Waals surface area contributed by atoms with Gasteiger partial charge in [0, 0.05) is 25.7 Å². The largest absolute Gasteiger partial charge is 0.756 e. The number of phosphoric acid groups is 1. The van der Waals surface area contributed by atoms with Crippen molar-refractivity contribution in [3.05, 3.63) is 95.6 Å². The number of hydrogen-bond acceptors (Lipinski definition) is 11. The standard InChI is InChI=1S/C50H82NO11P/c1-8-10-23-31-44(52)32-24-18-14-13-15-19-25-33-45(53)34-26-22-29-37-50(55)61-46(41-60-63(56,57)59-39-38-51(5,6)7)40-58-49(54)36-28-21-17-12-11-16-20-27-35-48-43(4)42(3)47(62-48)30-9-2/h10,14-15,18-19,23-26,32-34,44-46,52-53H,8-9,11-13,16-17,20-22,27-31,35-41H2,1-7H3/b18-14-,19-15-,23-10-,32-24+,33-25+,34-26-/t44-,45-,46+/m0/s1. The van der Waals surface area contributed by atoms with Gasteiger partial charge in [0.25, 0.3) is 7.82 Å². The summed E-state index contributed by atoms with van der Waals surface area (Å²) in [6.07, 6.45) is 34.3. The minimum absolute atomic E-state index is 0.0271. The van der Waals surface area contributed by atoms with Crippen LogP contribution in [0.4, 0.5) is 0 Å². The Labute approximate surface area is 380 Å². The smallest absolute Gasteiger partial charge is 0.306 e. The average molecular weight is 904 g/mol. The highest BCUT2D eigenvalue weighted by Crippen LogP contribution is 2.38. The third kappa shape index (κ3) is 32.0. The summed E-state index contributed by atoms with van der Waals surface area (Å²) in [6.45, 7) is 7.99. The second-order valence-corrected chi connectivity index (χ2v) is 18.4. The zero-order valence-corrected chi connectivity index (χ0v) is 40.6. The Morgan fingerprint density at radius 3 is 2.00 bits per heavy atom. The fraction of sp³-hybridized carbons (Fsp3) is 0.640. The number of esters is 2. The monoisotopic (exact) mass is 904 g/mol. The van der Waals surface area contributed by atoms with E-state index in [4.69, 9.17) is 22.9 Å². The van der Waals surface area contributed by atoms with Gasteiger partial charge in [-0.2, -0.15) is 0 Å².